The fraction of sp³-hybridized carbons (Fsp3) is 0.600. The number of hydrogen-bond donors (Lipinski definition) is 5. The Morgan fingerprint density at radius 3 is 2.86 bits per heavy atom. The van der Waals surface area contributed by atoms with E-state index in [0.717, 1.165) is 17.6 Å². The number of urea groups is 1. The minimum Gasteiger partial charge on any atom is -0.394 e. The average molecular weight is 388 g/mol. The number of aromatic nitrogens is 2. The van der Waals surface area contributed by atoms with E-state index >= 15 is 0 Å². The van der Waals surface area contributed by atoms with Gasteiger partial charge in [0.2, 0.25) is 0 Å². The van der Waals surface area contributed by atoms with Crippen molar-refractivity contribution in [2.24, 2.45) is 5.92 Å². The first-order valence-corrected chi connectivity index (χ1v) is 10.1. The number of hydrogen-bond acceptors (Lipinski definition) is 5. The van der Waals surface area contributed by atoms with E-state index in [0.29, 0.717) is 23.9 Å². The van der Waals surface area contributed by atoms with Gasteiger partial charge >= 0.3 is 6.03 Å². The van der Waals surface area contributed by atoms with Crippen LogP contribution in [0.5, 0.6) is 0 Å². The van der Waals surface area contributed by atoms with Crippen molar-refractivity contribution in [3.05, 3.63) is 24.0 Å². The SMILES string of the molecule is O=C(NCC1CCCCC1)Nc1ccc2nc([C@H]3C[C@H](O)[C@@H](CO)O3)[nH]c2c1. The van der Waals surface area contributed by atoms with Gasteiger partial charge in [-0.3, -0.25) is 0 Å². The molecule has 2 heterocycles. The Kier molecular flexibility index (Phi) is 5.79. The first-order chi connectivity index (χ1) is 13.6. The maximum absolute atomic E-state index is 12.2. The molecule has 0 bridgehead atoms. The van der Waals surface area contributed by atoms with Gasteiger partial charge in [0.05, 0.1) is 23.7 Å². The molecule has 2 amide bonds. The van der Waals surface area contributed by atoms with Crippen LogP contribution in [0.15, 0.2) is 18.2 Å². The molecule has 1 aromatic heterocycles. The lowest BCUT2D eigenvalue weighted by Gasteiger charge is -2.21. The van der Waals surface area contributed by atoms with Crippen molar-refractivity contribution in [1.29, 1.82) is 0 Å². The number of amides is 2. The summed E-state index contributed by atoms with van der Waals surface area (Å²) in [4.78, 5) is 19.9. The number of nitrogens with zero attached hydrogens (tertiary/aromatic N) is 1. The van der Waals surface area contributed by atoms with Crippen LogP contribution in [0.25, 0.3) is 11.0 Å². The van der Waals surface area contributed by atoms with Crippen molar-refractivity contribution in [1.82, 2.24) is 15.3 Å². The zero-order chi connectivity index (χ0) is 19.5. The molecule has 8 nitrogen and oxygen atoms in total. The molecule has 3 atom stereocenters. The number of imidazole rings is 1. The molecule has 0 spiro atoms. The summed E-state index contributed by atoms with van der Waals surface area (Å²) >= 11 is 0. The highest BCUT2D eigenvalue weighted by Crippen LogP contribution is 2.32. The molecule has 0 unspecified atom stereocenters. The van der Waals surface area contributed by atoms with Gasteiger partial charge in [-0.1, -0.05) is 19.3 Å². The second-order valence-corrected chi connectivity index (χ2v) is 7.84. The zero-order valence-electron chi connectivity index (χ0n) is 15.9. The van der Waals surface area contributed by atoms with Crippen molar-refractivity contribution in [3.63, 3.8) is 0 Å². The molecule has 1 aliphatic carbocycles. The lowest BCUT2D eigenvalue weighted by molar-refractivity contribution is -0.0244. The molecule has 4 rings (SSSR count). The number of anilines is 1. The van der Waals surface area contributed by atoms with Gasteiger partial charge in [-0.25, -0.2) is 9.78 Å². The summed E-state index contributed by atoms with van der Waals surface area (Å²) < 4.78 is 5.65. The third kappa shape index (κ3) is 4.29. The second-order valence-electron chi connectivity index (χ2n) is 7.84. The van der Waals surface area contributed by atoms with Crippen LogP contribution >= 0.6 is 0 Å². The minimum atomic E-state index is -0.701. The number of aliphatic hydroxyl groups is 2. The third-order valence-electron chi connectivity index (χ3n) is 5.74. The van der Waals surface area contributed by atoms with Crippen LogP contribution in [0.2, 0.25) is 0 Å². The highest BCUT2D eigenvalue weighted by molar-refractivity contribution is 5.91. The van der Waals surface area contributed by atoms with Crippen LogP contribution in [0, 0.1) is 5.92 Å². The lowest BCUT2D eigenvalue weighted by Crippen LogP contribution is -2.33. The van der Waals surface area contributed by atoms with E-state index < -0.39 is 12.2 Å². The van der Waals surface area contributed by atoms with Gasteiger partial charge in [-0.15, -0.1) is 0 Å². The third-order valence-corrected chi connectivity index (χ3v) is 5.74. The smallest absolute Gasteiger partial charge is 0.319 e. The van der Waals surface area contributed by atoms with Crippen LogP contribution in [-0.4, -0.2) is 51.6 Å². The largest absolute Gasteiger partial charge is 0.394 e. The molecule has 8 heteroatoms. The standard InChI is InChI=1S/C20H28N4O4/c25-11-18-16(26)9-17(28-18)19-23-14-7-6-13(8-15(14)24-19)22-20(27)21-10-12-4-2-1-3-5-12/h6-8,12,16-18,25-26H,1-5,9-11H2,(H,23,24)(H2,21,22,27)/t16-,17+,18+/m0/s1. The van der Waals surface area contributed by atoms with Crippen LogP contribution < -0.4 is 10.6 Å². The molecule has 0 radical (unpaired) electrons. The van der Waals surface area contributed by atoms with Crippen molar-refractivity contribution in [2.45, 2.75) is 56.8 Å². The van der Waals surface area contributed by atoms with Crippen LogP contribution in [0.4, 0.5) is 10.5 Å². The van der Waals surface area contributed by atoms with E-state index in [4.69, 9.17) is 4.74 Å². The van der Waals surface area contributed by atoms with Crippen molar-refractivity contribution >= 4 is 22.8 Å². The number of carbonyl (C=O) groups excluding carboxylic acids is 1. The summed E-state index contributed by atoms with van der Waals surface area (Å²) in [6.07, 6.45) is 4.93. The summed E-state index contributed by atoms with van der Waals surface area (Å²) in [5.74, 6) is 1.20. The van der Waals surface area contributed by atoms with Gasteiger partial charge in [0.1, 0.15) is 18.0 Å². The Morgan fingerprint density at radius 1 is 1.29 bits per heavy atom. The summed E-state index contributed by atoms with van der Waals surface area (Å²) in [5, 5.41) is 25.0. The Morgan fingerprint density at radius 2 is 2.11 bits per heavy atom. The van der Waals surface area contributed by atoms with Crippen LogP contribution in [0.3, 0.4) is 0 Å². The number of aliphatic hydroxyl groups excluding tert-OH is 2. The summed E-state index contributed by atoms with van der Waals surface area (Å²) in [5.41, 5.74) is 2.23. The van der Waals surface area contributed by atoms with Gasteiger partial charge in [0.25, 0.3) is 0 Å². The van der Waals surface area contributed by atoms with Gasteiger partial charge in [-0.05, 0) is 37.0 Å². The van der Waals surface area contributed by atoms with Gasteiger partial charge in [0.15, 0.2) is 0 Å². The van der Waals surface area contributed by atoms with E-state index in [1.54, 1.807) is 0 Å². The van der Waals surface area contributed by atoms with Crippen LogP contribution in [0.1, 0.15) is 50.5 Å². The molecule has 1 saturated heterocycles. The zero-order valence-corrected chi connectivity index (χ0v) is 15.9. The van der Waals surface area contributed by atoms with Crippen molar-refractivity contribution < 1.29 is 19.7 Å². The first-order valence-electron chi connectivity index (χ1n) is 10.1. The highest BCUT2D eigenvalue weighted by Gasteiger charge is 2.35. The second kappa shape index (κ2) is 8.46. The van der Waals surface area contributed by atoms with Crippen molar-refractivity contribution in [3.8, 4) is 0 Å². The molecular formula is C20H28N4O4. The maximum Gasteiger partial charge on any atom is 0.319 e. The topological polar surface area (TPSA) is 120 Å². The predicted molar refractivity (Wildman–Crippen MR) is 105 cm³/mol. The monoisotopic (exact) mass is 388 g/mol. The fourth-order valence-corrected chi connectivity index (χ4v) is 4.13. The highest BCUT2D eigenvalue weighted by atomic mass is 16.5. The van der Waals surface area contributed by atoms with Crippen LogP contribution in [-0.2, 0) is 4.74 Å². The van der Waals surface area contributed by atoms with E-state index in [1.807, 2.05) is 18.2 Å². The summed E-state index contributed by atoms with van der Waals surface area (Å²) in [6, 6.07) is 5.29. The normalized spacial score (nSPS) is 25.9. The lowest BCUT2D eigenvalue weighted by atomic mass is 9.89. The number of H-pyrrole nitrogens is 1. The Bertz CT molecular complexity index is 818. The number of rotatable bonds is 5. The molecule has 2 fully saturated rings. The summed E-state index contributed by atoms with van der Waals surface area (Å²) in [6.45, 7) is 0.498. The number of fused-ring (bicyclic) bond motifs is 1. The van der Waals surface area contributed by atoms with E-state index in [-0.39, 0.29) is 18.7 Å². The maximum atomic E-state index is 12.2. The molecule has 1 aliphatic heterocycles. The van der Waals surface area contributed by atoms with E-state index in [2.05, 4.69) is 20.6 Å². The molecule has 2 aliphatic rings. The Balaban J connectivity index is 1.37. The fourth-order valence-electron chi connectivity index (χ4n) is 4.13. The molecule has 1 saturated carbocycles. The Hall–Kier alpha value is -2.16. The number of benzene rings is 1. The molecule has 1 aromatic carbocycles. The van der Waals surface area contributed by atoms with Gasteiger partial charge < -0.3 is 30.6 Å². The van der Waals surface area contributed by atoms with Gasteiger partial charge in [-0.2, -0.15) is 0 Å². The molecule has 152 valence electrons. The molecule has 28 heavy (non-hydrogen) atoms. The number of nitrogens with one attached hydrogen (secondary N) is 3. The summed E-state index contributed by atoms with van der Waals surface area (Å²) in [7, 11) is 0. The van der Waals surface area contributed by atoms with Gasteiger partial charge in [0, 0.05) is 18.7 Å². The molecule has 5 N–H and O–H groups in total. The van der Waals surface area contributed by atoms with E-state index in [1.165, 1.54) is 32.1 Å². The molecule has 2 aromatic rings. The number of aromatic amines is 1. The number of carbonyl (C=O) groups is 1. The first kappa shape index (κ1) is 19.2. The minimum absolute atomic E-state index is 0.197. The number of ether oxygens (including phenoxy) is 1. The van der Waals surface area contributed by atoms with E-state index in [9.17, 15) is 15.0 Å². The average Bonchev–Trinajstić information content (AvgIpc) is 3.30. The Labute approximate surface area is 163 Å². The van der Waals surface area contributed by atoms with Crippen molar-refractivity contribution in [2.75, 3.05) is 18.5 Å². The quantitative estimate of drug-likeness (QED) is 0.539. The molecular weight excluding hydrogens is 360 g/mol. The predicted octanol–water partition coefficient (Wildman–Crippen LogP) is 2.45.